The zero-order valence-electron chi connectivity index (χ0n) is 12.1. The van der Waals surface area contributed by atoms with Gasteiger partial charge in [-0.3, -0.25) is 0 Å². The van der Waals surface area contributed by atoms with E-state index in [0.29, 0.717) is 16.4 Å². The van der Waals surface area contributed by atoms with E-state index in [4.69, 9.17) is 23.2 Å². The Hall–Kier alpha value is -1.60. The molecule has 0 atom stereocenters. The van der Waals surface area contributed by atoms with Crippen LogP contribution in [0.5, 0.6) is 0 Å². The highest BCUT2D eigenvalue weighted by Crippen LogP contribution is 2.22. The van der Waals surface area contributed by atoms with E-state index in [9.17, 15) is 8.42 Å². The van der Waals surface area contributed by atoms with Crippen LogP contribution in [0.2, 0.25) is 10.0 Å². The van der Waals surface area contributed by atoms with Crippen molar-refractivity contribution in [3.63, 3.8) is 0 Å². The summed E-state index contributed by atoms with van der Waals surface area (Å²) in [5.74, 6) is 0. The van der Waals surface area contributed by atoms with E-state index in [1.807, 2.05) is 6.92 Å². The van der Waals surface area contributed by atoms with Crippen LogP contribution in [-0.2, 0) is 16.6 Å². The minimum Gasteiger partial charge on any atom is -0.305 e. The summed E-state index contributed by atoms with van der Waals surface area (Å²) in [4.78, 5) is 4.38. The topological polar surface area (TPSA) is 63.5 Å². The van der Waals surface area contributed by atoms with Crippen molar-refractivity contribution in [2.75, 3.05) is 0 Å². The van der Waals surface area contributed by atoms with Crippen molar-refractivity contribution in [2.45, 2.75) is 18.4 Å². The van der Waals surface area contributed by atoms with Gasteiger partial charge >= 0.3 is 0 Å². The number of hydrogen-bond acceptors (Lipinski definition) is 3. The van der Waals surface area contributed by atoms with Gasteiger partial charge in [0.2, 0.25) is 10.0 Å². The molecule has 3 aromatic rings. The number of aromatic nitrogens is 2. The molecule has 1 aromatic carbocycles. The van der Waals surface area contributed by atoms with E-state index >= 15 is 0 Å². The van der Waals surface area contributed by atoms with Crippen LogP contribution in [0.25, 0.3) is 5.65 Å². The van der Waals surface area contributed by atoms with Gasteiger partial charge in [-0.25, -0.2) is 18.1 Å². The molecule has 0 radical (unpaired) electrons. The molecule has 0 saturated carbocycles. The van der Waals surface area contributed by atoms with Crippen LogP contribution < -0.4 is 4.72 Å². The SMILES string of the molecule is Cc1ccc(S(=O)(=O)NCc2cn3cc(Cl)ccc3n2)c(Cl)c1. The number of pyridine rings is 1. The van der Waals surface area contributed by atoms with Gasteiger partial charge in [-0.1, -0.05) is 29.3 Å². The first-order valence-electron chi connectivity index (χ1n) is 6.74. The molecule has 0 unspecified atom stereocenters. The molecule has 0 fully saturated rings. The van der Waals surface area contributed by atoms with Crippen LogP contribution in [0.1, 0.15) is 11.3 Å². The Bertz CT molecular complexity index is 984. The predicted octanol–water partition coefficient (Wildman–Crippen LogP) is 3.43. The van der Waals surface area contributed by atoms with Gasteiger partial charge in [-0.05, 0) is 36.8 Å². The van der Waals surface area contributed by atoms with E-state index in [0.717, 1.165) is 5.56 Å². The Morgan fingerprint density at radius 1 is 1.17 bits per heavy atom. The molecule has 0 saturated heterocycles. The Morgan fingerprint density at radius 3 is 2.70 bits per heavy atom. The molecule has 0 bridgehead atoms. The van der Waals surface area contributed by atoms with E-state index in [-0.39, 0.29) is 16.5 Å². The van der Waals surface area contributed by atoms with E-state index in [1.54, 1.807) is 41.1 Å². The van der Waals surface area contributed by atoms with Crippen molar-refractivity contribution in [1.29, 1.82) is 0 Å². The van der Waals surface area contributed by atoms with Gasteiger partial charge in [0.1, 0.15) is 10.5 Å². The first kappa shape index (κ1) is 16.3. The zero-order chi connectivity index (χ0) is 16.6. The van der Waals surface area contributed by atoms with Gasteiger partial charge in [-0.15, -0.1) is 0 Å². The molecule has 8 heteroatoms. The number of rotatable bonds is 4. The van der Waals surface area contributed by atoms with E-state index < -0.39 is 10.0 Å². The maximum Gasteiger partial charge on any atom is 0.242 e. The Labute approximate surface area is 143 Å². The van der Waals surface area contributed by atoms with Crippen LogP contribution in [0, 0.1) is 6.92 Å². The summed E-state index contributed by atoms with van der Waals surface area (Å²) in [5.41, 5.74) is 2.17. The second-order valence-electron chi connectivity index (χ2n) is 5.10. The monoisotopic (exact) mass is 369 g/mol. The van der Waals surface area contributed by atoms with E-state index in [1.165, 1.54) is 6.07 Å². The molecular formula is C15H13Cl2N3O2S. The highest BCUT2D eigenvalue weighted by molar-refractivity contribution is 7.89. The fourth-order valence-electron chi connectivity index (χ4n) is 2.17. The summed E-state index contributed by atoms with van der Waals surface area (Å²) in [6, 6.07) is 8.29. The smallest absolute Gasteiger partial charge is 0.242 e. The van der Waals surface area contributed by atoms with Crippen molar-refractivity contribution in [3.8, 4) is 0 Å². The number of aryl methyl sites for hydroxylation is 1. The first-order chi connectivity index (χ1) is 10.8. The summed E-state index contributed by atoms with van der Waals surface area (Å²) < 4.78 is 29.0. The minimum absolute atomic E-state index is 0.0524. The molecule has 0 aliphatic rings. The third kappa shape index (κ3) is 3.50. The van der Waals surface area contributed by atoms with Crippen molar-refractivity contribution in [2.24, 2.45) is 0 Å². The maximum atomic E-state index is 12.4. The highest BCUT2D eigenvalue weighted by atomic mass is 35.5. The normalized spacial score (nSPS) is 12.0. The number of nitrogens with zero attached hydrogens (tertiary/aromatic N) is 2. The number of imidazole rings is 1. The molecule has 0 aliphatic carbocycles. The summed E-state index contributed by atoms with van der Waals surface area (Å²) >= 11 is 11.9. The lowest BCUT2D eigenvalue weighted by Crippen LogP contribution is -2.23. The molecule has 3 rings (SSSR count). The zero-order valence-corrected chi connectivity index (χ0v) is 14.5. The van der Waals surface area contributed by atoms with Crippen LogP contribution >= 0.6 is 23.2 Å². The molecular weight excluding hydrogens is 357 g/mol. The van der Waals surface area contributed by atoms with Gasteiger partial charge in [0.15, 0.2) is 0 Å². The lowest BCUT2D eigenvalue weighted by Gasteiger charge is -2.07. The lowest BCUT2D eigenvalue weighted by molar-refractivity contribution is 0.580. The van der Waals surface area contributed by atoms with Crippen molar-refractivity contribution >= 4 is 38.9 Å². The molecule has 120 valence electrons. The average Bonchev–Trinajstić information content (AvgIpc) is 2.87. The Kier molecular flexibility index (Phi) is 4.33. The number of benzene rings is 1. The van der Waals surface area contributed by atoms with Crippen LogP contribution in [0.3, 0.4) is 0 Å². The fraction of sp³-hybridized carbons (Fsp3) is 0.133. The van der Waals surface area contributed by atoms with Gasteiger partial charge < -0.3 is 4.40 Å². The molecule has 0 aliphatic heterocycles. The predicted molar refractivity (Wildman–Crippen MR) is 90.4 cm³/mol. The maximum absolute atomic E-state index is 12.4. The first-order valence-corrected chi connectivity index (χ1v) is 8.98. The van der Waals surface area contributed by atoms with Crippen LogP contribution in [0.15, 0.2) is 47.6 Å². The number of hydrogen-bond donors (Lipinski definition) is 1. The molecule has 2 heterocycles. The summed E-state index contributed by atoms with van der Waals surface area (Å²) in [7, 11) is -3.71. The summed E-state index contributed by atoms with van der Waals surface area (Å²) in [5, 5.41) is 0.771. The molecule has 2 aromatic heterocycles. The average molecular weight is 370 g/mol. The molecule has 0 spiro atoms. The number of nitrogens with one attached hydrogen (secondary N) is 1. The quantitative estimate of drug-likeness (QED) is 0.765. The van der Waals surface area contributed by atoms with Gasteiger partial charge in [-0.2, -0.15) is 0 Å². The van der Waals surface area contributed by atoms with Crippen molar-refractivity contribution < 1.29 is 8.42 Å². The number of halogens is 2. The Balaban J connectivity index is 1.82. The fourth-order valence-corrected chi connectivity index (χ4v) is 3.94. The standard InChI is InChI=1S/C15H13Cl2N3O2S/c1-10-2-4-14(13(17)6-10)23(21,22)18-7-12-9-20-8-11(16)3-5-15(20)19-12/h2-6,8-9,18H,7H2,1H3. The highest BCUT2D eigenvalue weighted by Gasteiger charge is 2.18. The van der Waals surface area contributed by atoms with E-state index in [2.05, 4.69) is 9.71 Å². The molecule has 1 N–H and O–H groups in total. The van der Waals surface area contributed by atoms with Crippen molar-refractivity contribution in [3.05, 3.63) is 64.0 Å². The minimum atomic E-state index is -3.71. The molecule has 23 heavy (non-hydrogen) atoms. The third-order valence-electron chi connectivity index (χ3n) is 3.29. The van der Waals surface area contributed by atoms with Gasteiger partial charge in [0.25, 0.3) is 0 Å². The van der Waals surface area contributed by atoms with Gasteiger partial charge in [0.05, 0.1) is 22.3 Å². The summed E-state index contributed by atoms with van der Waals surface area (Å²) in [6.07, 6.45) is 3.43. The second kappa shape index (κ2) is 6.13. The van der Waals surface area contributed by atoms with Crippen LogP contribution in [0.4, 0.5) is 0 Å². The Morgan fingerprint density at radius 2 is 1.96 bits per heavy atom. The largest absolute Gasteiger partial charge is 0.305 e. The van der Waals surface area contributed by atoms with Gasteiger partial charge in [0, 0.05) is 12.4 Å². The van der Waals surface area contributed by atoms with Crippen molar-refractivity contribution in [1.82, 2.24) is 14.1 Å². The number of fused-ring (bicyclic) bond motifs is 1. The summed E-state index contributed by atoms with van der Waals surface area (Å²) in [6.45, 7) is 1.91. The third-order valence-corrected chi connectivity index (χ3v) is 5.39. The molecule has 5 nitrogen and oxygen atoms in total. The lowest BCUT2D eigenvalue weighted by atomic mass is 10.2. The molecule has 0 amide bonds. The van der Waals surface area contributed by atoms with Crippen LogP contribution in [-0.4, -0.2) is 17.8 Å². The second-order valence-corrected chi connectivity index (χ2v) is 7.68. The number of sulfonamides is 1.